The second-order valence-corrected chi connectivity index (χ2v) is 8.01. The number of hydrogen-bond acceptors (Lipinski definition) is 5. The molecule has 0 radical (unpaired) electrons. The Kier molecular flexibility index (Phi) is 8.76. The minimum atomic E-state index is 0. The number of nitrogens with zero attached hydrogens (tertiary/aromatic N) is 3. The van der Waals surface area contributed by atoms with Crippen LogP contribution in [-0.2, 0) is 0 Å². The van der Waals surface area contributed by atoms with Crippen LogP contribution in [0.1, 0.15) is 24.2 Å². The molecule has 3 rings (SSSR count). The molecule has 0 aliphatic rings. The molecule has 1 heterocycles. The van der Waals surface area contributed by atoms with Crippen LogP contribution in [0.3, 0.4) is 0 Å². The average Bonchev–Trinajstić information content (AvgIpc) is 3.15. The van der Waals surface area contributed by atoms with Gasteiger partial charge in [0.25, 0.3) is 5.91 Å². The monoisotopic (exact) mass is 435 g/mol. The van der Waals surface area contributed by atoms with Gasteiger partial charge in [-0.3, -0.25) is 9.69 Å². The Labute approximate surface area is 181 Å². The zero-order valence-corrected chi connectivity index (χ0v) is 18.9. The highest BCUT2D eigenvalue weighted by atomic mass is 35.5. The predicted octanol–water partition coefficient (Wildman–Crippen LogP) is 5.43. The molecule has 150 valence electrons. The lowest BCUT2D eigenvalue weighted by Gasteiger charge is -2.24. The van der Waals surface area contributed by atoms with Gasteiger partial charge in [0, 0.05) is 23.5 Å². The molecule has 0 aliphatic carbocycles. The van der Waals surface area contributed by atoms with Gasteiger partial charge in [-0.05, 0) is 43.6 Å². The van der Waals surface area contributed by atoms with Crippen molar-refractivity contribution >= 4 is 56.8 Å². The van der Waals surface area contributed by atoms with Gasteiger partial charge in [0.15, 0.2) is 5.13 Å². The summed E-state index contributed by atoms with van der Waals surface area (Å²) in [7, 11) is 0. The summed E-state index contributed by atoms with van der Waals surface area (Å²) < 4.78 is 1.12. The SMILES string of the molecule is CCN(CC)CCN(C(=O)c1ccccc1)c1nc2c(SC)cccc2s1.Cl. The van der Waals surface area contributed by atoms with Crippen molar-refractivity contribution in [3.05, 3.63) is 54.1 Å². The topological polar surface area (TPSA) is 36.4 Å². The maximum absolute atomic E-state index is 13.2. The van der Waals surface area contributed by atoms with Gasteiger partial charge in [-0.2, -0.15) is 0 Å². The van der Waals surface area contributed by atoms with E-state index in [9.17, 15) is 4.79 Å². The fourth-order valence-corrected chi connectivity index (χ4v) is 4.64. The highest BCUT2D eigenvalue weighted by molar-refractivity contribution is 7.98. The van der Waals surface area contributed by atoms with E-state index < -0.39 is 0 Å². The fraction of sp³-hybridized carbons (Fsp3) is 0.333. The first-order valence-electron chi connectivity index (χ1n) is 9.20. The number of halogens is 1. The van der Waals surface area contributed by atoms with Crippen molar-refractivity contribution in [3.63, 3.8) is 0 Å². The molecule has 2 aromatic carbocycles. The van der Waals surface area contributed by atoms with E-state index in [4.69, 9.17) is 4.98 Å². The van der Waals surface area contributed by atoms with E-state index in [0.717, 1.165) is 39.9 Å². The van der Waals surface area contributed by atoms with E-state index in [1.807, 2.05) is 35.2 Å². The number of likely N-dealkylation sites (N-methyl/N-ethyl adjacent to an activating group) is 1. The Morgan fingerprint density at radius 3 is 2.39 bits per heavy atom. The molecule has 0 spiro atoms. The van der Waals surface area contributed by atoms with Gasteiger partial charge in [0.05, 0.1) is 10.2 Å². The van der Waals surface area contributed by atoms with E-state index in [2.05, 4.69) is 43.2 Å². The number of aromatic nitrogens is 1. The molecule has 0 aliphatic heterocycles. The largest absolute Gasteiger partial charge is 0.302 e. The number of hydrogen-bond donors (Lipinski definition) is 0. The van der Waals surface area contributed by atoms with E-state index in [0.29, 0.717) is 12.1 Å². The van der Waals surface area contributed by atoms with E-state index in [-0.39, 0.29) is 18.3 Å². The van der Waals surface area contributed by atoms with E-state index >= 15 is 0 Å². The van der Waals surface area contributed by atoms with Crippen LogP contribution in [0.15, 0.2) is 53.4 Å². The predicted molar refractivity (Wildman–Crippen MR) is 125 cm³/mol. The van der Waals surface area contributed by atoms with Crippen LogP contribution in [-0.4, -0.2) is 48.2 Å². The molecule has 1 aromatic heterocycles. The average molecular weight is 436 g/mol. The summed E-state index contributed by atoms with van der Waals surface area (Å²) in [5.41, 5.74) is 1.68. The first kappa shape index (κ1) is 22.7. The summed E-state index contributed by atoms with van der Waals surface area (Å²) >= 11 is 3.27. The first-order chi connectivity index (χ1) is 13.2. The lowest BCUT2D eigenvalue weighted by atomic mass is 10.2. The van der Waals surface area contributed by atoms with Crippen LogP contribution in [0.2, 0.25) is 0 Å². The Bertz CT molecular complexity index is 897. The number of para-hydroxylation sites is 1. The third-order valence-corrected chi connectivity index (χ3v) is 6.43. The van der Waals surface area contributed by atoms with Crippen LogP contribution >= 0.6 is 35.5 Å². The summed E-state index contributed by atoms with van der Waals surface area (Å²) in [6.45, 7) is 7.70. The van der Waals surface area contributed by atoms with Crippen LogP contribution in [0.5, 0.6) is 0 Å². The summed E-state index contributed by atoms with van der Waals surface area (Å²) in [4.78, 5) is 23.4. The number of amides is 1. The Morgan fingerprint density at radius 1 is 1.04 bits per heavy atom. The number of thioether (sulfide) groups is 1. The third-order valence-electron chi connectivity index (χ3n) is 4.62. The molecule has 4 nitrogen and oxygen atoms in total. The summed E-state index contributed by atoms with van der Waals surface area (Å²) in [5.74, 6) is 0.00696. The molecule has 3 aromatic rings. The van der Waals surface area contributed by atoms with Crippen LogP contribution in [0.25, 0.3) is 10.2 Å². The van der Waals surface area contributed by atoms with Crippen LogP contribution in [0.4, 0.5) is 5.13 Å². The maximum atomic E-state index is 13.2. The first-order valence-corrected chi connectivity index (χ1v) is 11.2. The Hall–Kier alpha value is -1.60. The Balaban J connectivity index is 0.00000280. The van der Waals surface area contributed by atoms with Crippen LogP contribution < -0.4 is 4.90 Å². The van der Waals surface area contributed by atoms with Gasteiger partial charge in [0.1, 0.15) is 0 Å². The van der Waals surface area contributed by atoms with Crippen molar-refractivity contribution < 1.29 is 4.79 Å². The number of carbonyl (C=O) groups excluding carboxylic acids is 1. The van der Waals surface area contributed by atoms with Gasteiger partial charge >= 0.3 is 0 Å². The van der Waals surface area contributed by atoms with Crippen molar-refractivity contribution in [2.45, 2.75) is 18.7 Å². The molecular weight excluding hydrogens is 410 g/mol. The summed E-state index contributed by atoms with van der Waals surface area (Å²) in [6, 6.07) is 15.7. The zero-order chi connectivity index (χ0) is 19.2. The fourth-order valence-electron chi connectivity index (χ4n) is 2.99. The van der Waals surface area contributed by atoms with Gasteiger partial charge in [-0.25, -0.2) is 4.98 Å². The quantitative estimate of drug-likeness (QED) is 0.442. The van der Waals surface area contributed by atoms with Crippen molar-refractivity contribution in [2.75, 3.05) is 37.3 Å². The molecule has 0 bridgehead atoms. The summed E-state index contributed by atoms with van der Waals surface area (Å²) in [6.07, 6.45) is 2.06. The highest BCUT2D eigenvalue weighted by Crippen LogP contribution is 2.34. The minimum absolute atomic E-state index is 0. The Morgan fingerprint density at radius 2 is 1.75 bits per heavy atom. The third kappa shape index (κ3) is 5.06. The van der Waals surface area contributed by atoms with Crippen molar-refractivity contribution in [2.24, 2.45) is 0 Å². The van der Waals surface area contributed by atoms with Gasteiger partial charge in [0.2, 0.25) is 0 Å². The standard InChI is InChI=1S/C21H25N3OS2.ClH/c1-4-23(5-2)14-15-24(20(25)16-10-7-6-8-11-16)21-22-19-17(26-3)12-9-13-18(19)27-21;/h6-13H,4-5,14-15H2,1-3H3;1H. The number of anilines is 1. The van der Waals surface area contributed by atoms with Gasteiger partial charge in [-0.1, -0.05) is 49.4 Å². The van der Waals surface area contributed by atoms with Crippen molar-refractivity contribution in [1.82, 2.24) is 9.88 Å². The number of thiazole rings is 1. The maximum Gasteiger partial charge on any atom is 0.260 e. The lowest BCUT2D eigenvalue weighted by Crippen LogP contribution is -2.38. The normalized spacial score (nSPS) is 10.9. The van der Waals surface area contributed by atoms with Crippen molar-refractivity contribution in [1.29, 1.82) is 0 Å². The molecule has 0 N–H and O–H groups in total. The molecule has 0 atom stereocenters. The number of benzene rings is 2. The minimum Gasteiger partial charge on any atom is -0.302 e. The highest BCUT2D eigenvalue weighted by Gasteiger charge is 2.22. The molecular formula is C21H26ClN3OS2. The van der Waals surface area contributed by atoms with E-state index in [1.165, 1.54) is 0 Å². The molecule has 0 fully saturated rings. The molecule has 1 amide bonds. The second-order valence-electron chi connectivity index (χ2n) is 6.15. The molecule has 7 heteroatoms. The van der Waals surface area contributed by atoms with Crippen molar-refractivity contribution in [3.8, 4) is 0 Å². The molecule has 0 saturated heterocycles. The zero-order valence-electron chi connectivity index (χ0n) is 16.4. The van der Waals surface area contributed by atoms with Gasteiger partial charge in [-0.15, -0.1) is 24.2 Å². The second kappa shape index (κ2) is 10.8. The number of rotatable bonds is 8. The van der Waals surface area contributed by atoms with Gasteiger partial charge < -0.3 is 4.90 Å². The lowest BCUT2D eigenvalue weighted by molar-refractivity contribution is 0.0984. The van der Waals surface area contributed by atoms with E-state index in [1.54, 1.807) is 23.1 Å². The number of fused-ring (bicyclic) bond motifs is 1. The molecule has 0 saturated carbocycles. The molecule has 0 unspecified atom stereocenters. The smallest absolute Gasteiger partial charge is 0.260 e. The number of carbonyl (C=O) groups is 1. The molecule has 28 heavy (non-hydrogen) atoms. The van der Waals surface area contributed by atoms with Crippen LogP contribution in [0, 0.1) is 0 Å². The summed E-state index contributed by atoms with van der Waals surface area (Å²) in [5, 5.41) is 0.771.